The summed E-state index contributed by atoms with van der Waals surface area (Å²) in [6, 6.07) is 22.5. The van der Waals surface area contributed by atoms with E-state index in [9.17, 15) is 14.4 Å². The van der Waals surface area contributed by atoms with Crippen molar-refractivity contribution in [1.82, 2.24) is 5.32 Å². The van der Waals surface area contributed by atoms with Crippen LogP contribution in [0.3, 0.4) is 0 Å². The molecule has 0 bridgehead atoms. The number of carbonyl (C=O) groups is 3. The molecule has 3 aromatic rings. The Morgan fingerprint density at radius 3 is 2.29 bits per heavy atom. The van der Waals surface area contributed by atoms with Gasteiger partial charge in [-0.2, -0.15) is 0 Å². The highest BCUT2D eigenvalue weighted by atomic mass is 16.5. The quantitative estimate of drug-likeness (QED) is 0.392. The first-order chi connectivity index (χ1) is 16.6. The molecule has 0 radical (unpaired) electrons. The zero-order chi connectivity index (χ0) is 23.9. The summed E-state index contributed by atoms with van der Waals surface area (Å²) in [6.45, 7) is 2.90. The standard InChI is InChI=1S/C27H24N2O5/c1-2-16-33-22-14-12-21(13-15-22)29-26(31)23(25(30)28-27(29)32)17-20-10-6-7-11-24(20)34-18-19-8-4-3-5-9-19/h3-15,17H,2,16,18H2,1H3,(H,28,30,32)/b23-17-. The summed E-state index contributed by atoms with van der Waals surface area (Å²) in [7, 11) is 0. The van der Waals surface area contributed by atoms with Gasteiger partial charge >= 0.3 is 6.03 Å². The van der Waals surface area contributed by atoms with Gasteiger partial charge < -0.3 is 9.47 Å². The number of nitrogens with zero attached hydrogens (tertiary/aromatic N) is 1. The van der Waals surface area contributed by atoms with Crippen LogP contribution in [0.1, 0.15) is 24.5 Å². The van der Waals surface area contributed by atoms with E-state index >= 15 is 0 Å². The molecule has 0 saturated carbocycles. The largest absolute Gasteiger partial charge is 0.494 e. The summed E-state index contributed by atoms with van der Waals surface area (Å²) in [5.41, 5.74) is 1.70. The third kappa shape index (κ3) is 5.15. The maximum absolute atomic E-state index is 13.2. The lowest BCUT2D eigenvalue weighted by atomic mass is 10.1. The number of hydrogen-bond donors (Lipinski definition) is 1. The average molecular weight is 456 g/mol. The number of para-hydroxylation sites is 1. The second-order valence-corrected chi connectivity index (χ2v) is 7.61. The molecule has 1 N–H and O–H groups in total. The number of ether oxygens (including phenoxy) is 2. The fraction of sp³-hybridized carbons (Fsp3) is 0.148. The first-order valence-corrected chi connectivity index (χ1v) is 11.0. The first-order valence-electron chi connectivity index (χ1n) is 11.0. The number of urea groups is 1. The van der Waals surface area contributed by atoms with Gasteiger partial charge in [0.25, 0.3) is 11.8 Å². The van der Waals surface area contributed by atoms with Gasteiger partial charge in [0.2, 0.25) is 0 Å². The van der Waals surface area contributed by atoms with Gasteiger partial charge in [0.1, 0.15) is 23.7 Å². The predicted molar refractivity (Wildman–Crippen MR) is 128 cm³/mol. The van der Waals surface area contributed by atoms with Gasteiger partial charge in [0.15, 0.2) is 0 Å². The Labute approximate surface area is 197 Å². The van der Waals surface area contributed by atoms with Crippen LogP contribution >= 0.6 is 0 Å². The number of carbonyl (C=O) groups excluding carboxylic acids is 3. The van der Waals surface area contributed by atoms with Crippen molar-refractivity contribution in [3.05, 3.63) is 95.6 Å². The first kappa shape index (κ1) is 22.8. The number of benzene rings is 3. The summed E-state index contributed by atoms with van der Waals surface area (Å²) in [4.78, 5) is 39.2. The van der Waals surface area contributed by atoms with E-state index < -0.39 is 17.8 Å². The van der Waals surface area contributed by atoms with Crippen molar-refractivity contribution >= 4 is 29.6 Å². The summed E-state index contributed by atoms with van der Waals surface area (Å²) in [5, 5.41) is 2.24. The Morgan fingerprint density at radius 1 is 0.853 bits per heavy atom. The average Bonchev–Trinajstić information content (AvgIpc) is 2.86. The van der Waals surface area contributed by atoms with Gasteiger partial charge in [0.05, 0.1) is 12.3 Å². The maximum atomic E-state index is 13.2. The molecular weight excluding hydrogens is 432 g/mol. The number of rotatable bonds is 8. The van der Waals surface area contributed by atoms with Gasteiger partial charge in [0, 0.05) is 5.56 Å². The second-order valence-electron chi connectivity index (χ2n) is 7.61. The highest BCUT2D eigenvalue weighted by Crippen LogP contribution is 2.27. The van der Waals surface area contributed by atoms with Crippen molar-refractivity contribution < 1.29 is 23.9 Å². The third-order valence-corrected chi connectivity index (χ3v) is 5.13. The van der Waals surface area contributed by atoms with Crippen molar-refractivity contribution in [3.8, 4) is 11.5 Å². The zero-order valence-corrected chi connectivity index (χ0v) is 18.7. The normalized spacial score (nSPS) is 14.8. The summed E-state index contributed by atoms with van der Waals surface area (Å²) < 4.78 is 11.5. The molecule has 1 aliphatic rings. The minimum absolute atomic E-state index is 0.165. The zero-order valence-electron chi connectivity index (χ0n) is 18.7. The number of anilines is 1. The van der Waals surface area contributed by atoms with Crippen LogP contribution in [0.25, 0.3) is 6.08 Å². The van der Waals surface area contributed by atoms with E-state index in [2.05, 4.69) is 5.32 Å². The van der Waals surface area contributed by atoms with Crippen molar-refractivity contribution in [2.45, 2.75) is 20.0 Å². The SMILES string of the molecule is CCCOc1ccc(N2C(=O)NC(=O)/C(=C/c3ccccc3OCc3ccccc3)C2=O)cc1. The van der Waals surface area contributed by atoms with Crippen LogP contribution in [0.5, 0.6) is 11.5 Å². The fourth-order valence-electron chi connectivity index (χ4n) is 3.43. The molecule has 0 atom stereocenters. The highest BCUT2D eigenvalue weighted by Gasteiger charge is 2.37. The maximum Gasteiger partial charge on any atom is 0.335 e. The molecule has 7 nitrogen and oxygen atoms in total. The number of nitrogens with one attached hydrogen (secondary N) is 1. The van der Waals surface area contributed by atoms with E-state index in [0.717, 1.165) is 16.9 Å². The Bertz CT molecular complexity index is 1220. The van der Waals surface area contributed by atoms with Crippen molar-refractivity contribution in [2.24, 2.45) is 0 Å². The molecule has 1 aliphatic heterocycles. The van der Waals surface area contributed by atoms with Crippen molar-refractivity contribution in [3.63, 3.8) is 0 Å². The summed E-state index contributed by atoms with van der Waals surface area (Å²) >= 11 is 0. The Kier molecular flexibility index (Phi) is 7.03. The molecule has 0 spiro atoms. The van der Waals surface area contributed by atoms with E-state index in [-0.39, 0.29) is 5.57 Å². The number of imide groups is 2. The summed E-state index contributed by atoms with van der Waals surface area (Å²) in [5.74, 6) is -0.326. The minimum Gasteiger partial charge on any atom is -0.494 e. The molecular formula is C27H24N2O5. The van der Waals surface area contributed by atoms with Crippen LogP contribution in [0, 0.1) is 0 Å². The molecule has 34 heavy (non-hydrogen) atoms. The Hall–Kier alpha value is -4.39. The van der Waals surface area contributed by atoms with E-state index in [1.807, 2.05) is 43.3 Å². The van der Waals surface area contributed by atoms with E-state index in [1.54, 1.807) is 42.5 Å². The third-order valence-electron chi connectivity index (χ3n) is 5.13. The molecule has 3 aromatic carbocycles. The second kappa shape index (κ2) is 10.5. The van der Waals surface area contributed by atoms with Gasteiger partial charge in [-0.3, -0.25) is 14.9 Å². The monoisotopic (exact) mass is 456 g/mol. The van der Waals surface area contributed by atoms with Gasteiger partial charge in [-0.15, -0.1) is 0 Å². The van der Waals surface area contributed by atoms with Crippen LogP contribution in [0.2, 0.25) is 0 Å². The molecule has 0 aromatic heterocycles. The van der Waals surface area contributed by atoms with E-state index in [0.29, 0.717) is 36.0 Å². The number of amides is 4. The molecule has 1 heterocycles. The highest BCUT2D eigenvalue weighted by molar-refractivity contribution is 6.39. The molecule has 7 heteroatoms. The van der Waals surface area contributed by atoms with Gasteiger partial charge in [-0.25, -0.2) is 9.69 Å². The van der Waals surface area contributed by atoms with Crippen LogP contribution in [-0.4, -0.2) is 24.5 Å². The van der Waals surface area contributed by atoms with Crippen molar-refractivity contribution in [1.29, 1.82) is 0 Å². The molecule has 0 unspecified atom stereocenters. The topological polar surface area (TPSA) is 84.9 Å². The van der Waals surface area contributed by atoms with E-state index in [1.165, 1.54) is 6.08 Å². The Morgan fingerprint density at radius 2 is 1.56 bits per heavy atom. The van der Waals surface area contributed by atoms with Gasteiger partial charge in [-0.1, -0.05) is 55.5 Å². The molecule has 1 fully saturated rings. The molecule has 4 rings (SSSR count). The number of hydrogen-bond acceptors (Lipinski definition) is 5. The molecule has 4 amide bonds. The van der Waals surface area contributed by atoms with Crippen LogP contribution in [0.15, 0.2) is 84.4 Å². The van der Waals surface area contributed by atoms with Crippen LogP contribution in [0.4, 0.5) is 10.5 Å². The molecule has 0 aliphatic carbocycles. The lowest BCUT2D eigenvalue weighted by Gasteiger charge is -2.26. The lowest BCUT2D eigenvalue weighted by molar-refractivity contribution is -0.122. The van der Waals surface area contributed by atoms with E-state index in [4.69, 9.17) is 9.47 Å². The van der Waals surface area contributed by atoms with Crippen LogP contribution < -0.4 is 19.7 Å². The summed E-state index contributed by atoms with van der Waals surface area (Å²) in [6.07, 6.45) is 2.30. The number of barbiturate groups is 1. The lowest BCUT2D eigenvalue weighted by Crippen LogP contribution is -2.54. The molecule has 172 valence electrons. The predicted octanol–water partition coefficient (Wildman–Crippen LogP) is 4.72. The van der Waals surface area contributed by atoms with Crippen LogP contribution in [-0.2, 0) is 16.2 Å². The smallest absolute Gasteiger partial charge is 0.335 e. The van der Waals surface area contributed by atoms with Crippen molar-refractivity contribution in [2.75, 3.05) is 11.5 Å². The van der Waals surface area contributed by atoms with Gasteiger partial charge in [-0.05, 0) is 48.4 Å². The minimum atomic E-state index is -0.803. The molecule has 1 saturated heterocycles. The Balaban J connectivity index is 1.59. The fourth-order valence-corrected chi connectivity index (χ4v) is 3.43.